The first-order valence-electron chi connectivity index (χ1n) is 8.77. The van der Waals surface area contributed by atoms with Crippen LogP contribution in [0.25, 0.3) is 0 Å². The summed E-state index contributed by atoms with van der Waals surface area (Å²) < 4.78 is 0. The van der Waals surface area contributed by atoms with E-state index in [9.17, 15) is 5.11 Å². The van der Waals surface area contributed by atoms with Crippen molar-refractivity contribution in [2.24, 2.45) is 5.73 Å². The number of carboxylic acids is 1. The second-order valence-electron chi connectivity index (χ2n) is 6.31. The normalized spacial score (nSPS) is 11.8. The molecule has 3 aromatic rings. The Hall–Kier alpha value is -2.95. The van der Waals surface area contributed by atoms with Gasteiger partial charge in [0.25, 0.3) is 5.97 Å². The van der Waals surface area contributed by atoms with Crippen LogP contribution in [-0.2, 0) is 16.8 Å². The Morgan fingerprint density at radius 1 is 0.852 bits per heavy atom. The first-order valence-corrected chi connectivity index (χ1v) is 8.77. The minimum absolute atomic E-state index is 0.449. The van der Waals surface area contributed by atoms with Gasteiger partial charge in [-0.2, -0.15) is 0 Å². The fraction of sp³-hybridized carbons (Fsp3) is 0.174. The minimum atomic E-state index is -1.22. The maximum atomic E-state index is 11.6. The van der Waals surface area contributed by atoms with E-state index in [-0.39, 0.29) is 0 Å². The van der Waals surface area contributed by atoms with E-state index in [1.807, 2.05) is 91.0 Å². The predicted molar refractivity (Wildman–Crippen MR) is 107 cm³/mol. The highest BCUT2D eigenvalue weighted by Crippen LogP contribution is 2.33. The lowest BCUT2D eigenvalue weighted by Gasteiger charge is -2.35. The van der Waals surface area contributed by atoms with Crippen molar-refractivity contribution >= 4 is 5.97 Å². The molecule has 3 rings (SSSR count). The molecular weight excluding hydrogens is 338 g/mol. The number of hydrogen-bond donors (Lipinski definition) is 3. The fourth-order valence-electron chi connectivity index (χ4n) is 3.00. The summed E-state index contributed by atoms with van der Waals surface area (Å²) in [6, 6.07) is 28.9. The first-order chi connectivity index (χ1) is 12.9. The summed E-state index contributed by atoms with van der Waals surface area (Å²) in [4.78, 5) is 9.00. The molecule has 0 aliphatic heterocycles. The van der Waals surface area contributed by atoms with Gasteiger partial charge in [-0.05, 0) is 23.1 Å². The van der Waals surface area contributed by atoms with Crippen molar-refractivity contribution in [3.05, 3.63) is 108 Å². The number of carboxylic acid groups (broad SMARTS) is 1. The molecule has 0 saturated carbocycles. The van der Waals surface area contributed by atoms with Gasteiger partial charge in [-0.25, -0.2) is 0 Å². The van der Waals surface area contributed by atoms with Crippen molar-refractivity contribution in [2.75, 3.05) is 0 Å². The van der Waals surface area contributed by atoms with Crippen LogP contribution >= 0.6 is 0 Å². The van der Waals surface area contributed by atoms with Crippen molar-refractivity contribution in [1.82, 2.24) is 0 Å². The van der Waals surface area contributed by atoms with Crippen LogP contribution in [0.5, 0.6) is 0 Å². The summed E-state index contributed by atoms with van der Waals surface area (Å²) in [5.74, 6) is -0.833. The van der Waals surface area contributed by atoms with E-state index in [1.165, 1.54) is 0 Å². The van der Waals surface area contributed by atoms with Gasteiger partial charge >= 0.3 is 0 Å². The third-order valence-corrected chi connectivity index (χ3v) is 4.26. The highest BCUT2D eigenvalue weighted by atomic mass is 16.4. The highest BCUT2D eigenvalue weighted by Gasteiger charge is 2.37. The molecule has 4 heteroatoms. The van der Waals surface area contributed by atoms with Crippen LogP contribution < -0.4 is 5.73 Å². The molecule has 0 spiro atoms. The molecule has 0 aliphatic rings. The average Bonchev–Trinajstić information content (AvgIpc) is 2.69. The number of benzene rings is 3. The molecule has 140 valence electrons. The van der Waals surface area contributed by atoms with Gasteiger partial charge in [-0.3, -0.25) is 4.79 Å². The maximum absolute atomic E-state index is 11.6. The van der Waals surface area contributed by atoms with Gasteiger partial charge in [0.15, 0.2) is 0 Å². The number of rotatable bonds is 5. The van der Waals surface area contributed by atoms with E-state index >= 15 is 0 Å². The zero-order valence-electron chi connectivity index (χ0n) is 15.3. The summed E-state index contributed by atoms with van der Waals surface area (Å²) in [7, 11) is 0. The van der Waals surface area contributed by atoms with E-state index < -0.39 is 17.6 Å². The predicted octanol–water partition coefficient (Wildman–Crippen LogP) is 3.58. The standard InChI is InChI=1S/C21H21NO.C2H4O2/c22-20(16-17-10-4-1-5-11-17)21(23,18-12-6-2-7-13-18)19-14-8-3-9-15-19;1-2(3)4/h1-15,20,23H,16,22H2;1H3,(H,3,4). The second-order valence-corrected chi connectivity index (χ2v) is 6.31. The summed E-state index contributed by atoms with van der Waals surface area (Å²) >= 11 is 0. The Kier molecular flexibility index (Phi) is 7.29. The number of nitrogens with two attached hydrogens (primary N) is 1. The third kappa shape index (κ3) is 5.51. The Morgan fingerprint density at radius 2 is 1.19 bits per heavy atom. The van der Waals surface area contributed by atoms with Gasteiger partial charge in [0.2, 0.25) is 0 Å². The molecule has 0 bridgehead atoms. The summed E-state index contributed by atoms with van der Waals surface area (Å²) in [5.41, 5.74) is 8.02. The summed E-state index contributed by atoms with van der Waals surface area (Å²) in [6.07, 6.45) is 0.598. The first kappa shape index (κ1) is 20.4. The van der Waals surface area contributed by atoms with Gasteiger partial charge < -0.3 is 15.9 Å². The molecule has 0 aromatic heterocycles. The van der Waals surface area contributed by atoms with E-state index in [0.717, 1.165) is 23.6 Å². The van der Waals surface area contributed by atoms with E-state index in [1.54, 1.807) is 0 Å². The molecule has 0 heterocycles. The average molecular weight is 363 g/mol. The summed E-state index contributed by atoms with van der Waals surface area (Å²) in [5, 5.41) is 19.0. The highest BCUT2D eigenvalue weighted by molar-refractivity contribution is 5.62. The topological polar surface area (TPSA) is 83.5 Å². The summed E-state index contributed by atoms with van der Waals surface area (Å²) in [6.45, 7) is 1.08. The minimum Gasteiger partial charge on any atom is -0.481 e. The van der Waals surface area contributed by atoms with Crippen molar-refractivity contribution in [3.63, 3.8) is 0 Å². The zero-order chi connectivity index (χ0) is 19.7. The zero-order valence-corrected chi connectivity index (χ0v) is 15.3. The SMILES string of the molecule is CC(=O)O.NC(Cc1ccccc1)C(O)(c1ccccc1)c1ccccc1. The Balaban J connectivity index is 0.000000596. The van der Waals surface area contributed by atoms with Gasteiger partial charge in [-0.1, -0.05) is 91.0 Å². The Morgan fingerprint density at radius 3 is 1.56 bits per heavy atom. The number of hydrogen-bond acceptors (Lipinski definition) is 3. The van der Waals surface area contributed by atoms with Crippen molar-refractivity contribution in [3.8, 4) is 0 Å². The number of carbonyl (C=O) groups is 1. The van der Waals surface area contributed by atoms with Crippen LogP contribution in [0.3, 0.4) is 0 Å². The van der Waals surface area contributed by atoms with Crippen LogP contribution in [0.2, 0.25) is 0 Å². The smallest absolute Gasteiger partial charge is 0.300 e. The van der Waals surface area contributed by atoms with Crippen LogP contribution in [0.15, 0.2) is 91.0 Å². The molecule has 27 heavy (non-hydrogen) atoms. The van der Waals surface area contributed by atoms with Crippen molar-refractivity contribution in [1.29, 1.82) is 0 Å². The molecular formula is C23H25NO3. The molecule has 4 N–H and O–H groups in total. The molecule has 1 unspecified atom stereocenters. The molecule has 0 saturated heterocycles. The molecule has 0 amide bonds. The number of aliphatic hydroxyl groups is 1. The van der Waals surface area contributed by atoms with Crippen molar-refractivity contribution < 1.29 is 15.0 Å². The lowest BCUT2D eigenvalue weighted by Crippen LogP contribution is -2.47. The fourth-order valence-corrected chi connectivity index (χ4v) is 3.00. The lowest BCUT2D eigenvalue weighted by molar-refractivity contribution is -0.134. The maximum Gasteiger partial charge on any atom is 0.300 e. The molecule has 4 nitrogen and oxygen atoms in total. The largest absolute Gasteiger partial charge is 0.481 e. The molecule has 0 fully saturated rings. The molecule has 3 aromatic carbocycles. The van der Waals surface area contributed by atoms with Gasteiger partial charge in [0.1, 0.15) is 5.60 Å². The van der Waals surface area contributed by atoms with Gasteiger partial charge in [0.05, 0.1) is 0 Å². The molecule has 0 radical (unpaired) electrons. The number of aliphatic carboxylic acids is 1. The van der Waals surface area contributed by atoms with Crippen LogP contribution in [0, 0.1) is 0 Å². The molecule has 1 atom stereocenters. The Labute approximate surface area is 159 Å². The lowest BCUT2D eigenvalue weighted by atomic mass is 9.78. The monoisotopic (exact) mass is 363 g/mol. The third-order valence-electron chi connectivity index (χ3n) is 4.26. The van der Waals surface area contributed by atoms with Crippen LogP contribution in [-0.4, -0.2) is 22.2 Å². The van der Waals surface area contributed by atoms with Crippen LogP contribution in [0.1, 0.15) is 23.6 Å². The quantitative estimate of drug-likeness (QED) is 0.647. The van der Waals surface area contributed by atoms with E-state index in [0.29, 0.717) is 6.42 Å². The second kappa shape index (κ2) is 9.67. The van der Waals surface area contributed by atoms with Crippen LogP contribution in [0.4, 0.5) is 0 Å². The van der Waals surface area contributed by atoms with Gasteiger partial charge in [-0.15, -0.1) is 0 Å². The van der Waals surface area contributed by atoms with Gasteiger partial charge in [0, 0.05) is 13.0 Å². The van der Waals surface area contributed by atoms with E-state index in [2.05, 4.69) is 0 Å². The van der Waals surface area contributed by atoms with Crippen molar-refractivity contribution in [2.45, 2.75) is 25.0 Å². The Bertz CT molecular complexity index is 777. The molecule has 0 aliphatic carbocycles. The van der Waals surface area contributed by atoms with E-state index in [4.69, 9.17) is 15.6 Å².